The quantitative estimate of drug-likeness (QED) is 0.130. The van der Waals surface area contributed by atoms with Crippen molar-refractivity contribution in [1.29, 1.82) is 10.5 Å². The Morgan fingerprint density at radius 2 is 0.593 bits per heavy atom. The first-order valence-corrected chi connectivity index (χ1v) is 29.1. The van der Waals surface area contributed by atoms with Gasteiger partial charge in [0, 0.05) is 39.7 Å². The van der Waals surface area contributed by atoms with Gasteiger partial charge in [-0.05, 0) is 213 Å². The molecule has 0 heterocycles. The normalized spacial score (nSPS) is 11.5. The number of nitriles is 2. The number of hydrogen-bond acceptors (Lipinski definition) is 4. The van der Waals surface area contributed by atoms with Gasteiger partial charge in [0.05, 0.1) is 23.3 Å². The molecule has 0 fully saturated rings. The monoisotopic (exact) mass is 1090 g/mol. The van der Waals surface area contributed by atoms with E-state index in [1.165, 1.54) is 71.6 Å². The van der Waals surface area contributed by atoms with Crippen LogP contribution in [0.2, 0.25) is 0 Å². The molecule has 16 rings (SSSR count). The van der Waals surface area contributed by atoms with E-state index in [1.807, 2.05) is 36.4 Å². The van der Waals surface area contributed by atoms with Gasteiger partial charge in [0.1, 0.15) is 0 Å². The minimum Gasteiger partial charge on any atom is -0.310 e. The van der Waals surface area contributed by atoms with Crippen LogP contribution in [-0.2, 0) is 0 Å². The molecule has 0 radical (unpaired) electrons. The van der Waals surface area contributed by atoms with E-state index >= 15 is 0 Å². The van der Waals surface area contributed by atoms with E-state index in [-0.39, 0.29) is 0 Å². The van der Waals surface area contributed by atoms with Crippen molar-refractivity contribution in [3.05, 3.63) is 314 Å². The summed E-state index contributed by atoms with van der Waals surface area (Å²) in [5, 5.41) is 25.6. The molecule has 0 saturated carbocycles. The van der Waals surface area contributed by atoms with Crippen molar-refractivity contribution in [2.75, 3.05) is 9.80 Å². The minimum absolute atomic E-state index is 0.615. The highest BCUT2D eigenvalue weighted by molar-refractivity contribution is 6.20. The summed E-state index contributed by atoms with van der Waals surface area (Å²) in [5.41, 5.74) is 27.8. The summed E-state index contributed by atoms with van der Waals surface area (Å²) in [5.74, 6) is 0. The van der Waals surface area contributed by atoms with Crippen LogP contribution in [0.25, 0.3) is 122 Å². The van der Waals surface area contributed by atoms with Gasteiger partial charge in [-0.1, -0.05) is 206 Å². The molecule has 14 aromatic rings. The summed E-state index contributed by atoms with van der Waals surface area (Å²) >= 11 is 0. The van der Waals surface area contributed by atoms with Crippen molar-refractivity contribution in [3.63, 3.8) is 0 Å². The zero-order valence-electron chi connectivity index (χ0n) is 46.7. The van der Waals surface area contributed by atoms with Gasteiger partial charge >= 0.3 is 0 Å². The van der Waals surface area contributed by atoms with E-state index in [4.69, 9.17) is 0 Å². The highest BCUT2D eigenvalue weighted by atomic mass is 15.1. The molecule has 0 saturated heterocycles. The Bertz CT molecular complexity index is 5130. The standard InChI is InChI=1S/C82H50N4/c83-51-53-17-9-18-54(45-53)55-19-10-28-63(46-55)85(61-24-3-1-4-25-61)64-29-11-21-57(47-64)68-42-44-78-79-50-58(39-40-72(79)76-38-16-36-74(68)82(76)78)69-34-14-23-60(52-84)80(69)59-22-13-31-66(49-59)86(62-26-5-2-6-27-62)65-30-12-20-56(48-65)67-41-43-77-71-33-8-7-32-70(71)75-37-15-35-73(67)81(75)77/h1-50H. The predicted molar refractivity (Wildman–Crippen MR) is 356 cm³/mol. The van der Waals surface area contributed by atoms with Crippen molar-refractivity contribution in [3.8, 4) is 112 Å². The molecular formula is C82H50N4. The van der Waals surface area contributed by atoms with Gasteiger partial charge in [-0.15, -0.1) is 0 Å². The summed E-state index contributed by atoms with van der Waals surface area (Å²) in [6, 6.07) is 113. The molecule has 398 valence electrons. The molecular weight excluding hydrogens is 1040 g/mol. The maximum Gasteiger partial charge on any atom is 0.0998 e. The van der Waals surface area contributed by atoms with Crippen LogP contribution in [0, 0.1) is 22.7 Å². The van der Waals surface area contributed by atoms with E-state index in [2.05, 4.69) is 289 Å². The lowest BCUT2D eigenvalue weighted by Crippen LogP contribution is -2.10. The average molecular weight is 1090 g/mol. The summed E-state index contributed by atoms with van der Waals surface area (Å²) in [6.07, 6.45) is 0. The smallest absolute Gasteiger partial charge is 0.0998 e. The fourth-order valence-electron chi connectivity index (χ4n) is 13.6. The second-order valence-electron chi connectivity index (χ2n) is 22.2. The van der Waals surface area contributed by atoms with Gasteiger partial charge in [0.2, 0.25) is 0 Å². The fraction of sp³-hybridized carbons (Fsp3) is 0. The highest BCUT2D eigenvalue weighted by Gasteiger charge is 2.27. The first kappa shape index (κ1) is 50.0. The fourth-order valence-corrected chi connectivity index (χ4v) is 13.6. The molecule has 0 aromatic heterocycles. The van der Waals surface area contributed by atoms with Crippen LogP contribution in [0.5, 0.6) is 0 Å². The van der Waals surface area contributed by atoms with Crippen molar-refractivity contribution in [2.24, 2.45) is 0 Å². The van der Waals surface area contributed by atoms with Crippen LogP contribution in [-0.4, -0.2) is 0 Å². The first-order chi connectivity index (χ1) is 42.6. The second kappa shape index (κ2) is 20.6. The third-order valence-corrected chi connectivity index (χ3v) is 17.4. The number of fused-ring (bicyclic) bond motifs is 6. The molecule has 2 aliphatic rings. The lowest BCUT2D eigenvalue weighted by atomic mass is 9.89. The lowest BCUT2D eigenvalue weighted by Gasteiger charge is -2.27. The molecule has 0 bridgehead atoms. The molecule has 0 atom stereocenters. The van der Waals surface area contributed by atoms with E-state index in [0.717, 1.165) is 84.2 Å². The summed E-state index contributed by atoms with van der Waals surface area (Å²) in [7, 11) is 0. The predicted octanol–water partition coefficient (Wildman–Crippen LogP) is 22.3. The first-order valence-electron chi connectivity index (χ1n) is 29.1. The lowest BCUT2D eigenvalue weighted by molar-refractivity contribution is 1.28. The van der Waals surface area contributed by atoms with Crippen LogP contribution in [0.1, 0.15) is 11.1 Å². The van der Waals surface area contributed by atoms with Gasteiger partial charge in [-0.25, -0.2) is 0 Å². The Kier molecular flexibility index (Phi) is 11.9. The van der Waals surface area contributed by atoms with Crippen molar-refractivity contribution in [1.82, 2.24) is 0 Å². The SMILES string of the molecule is N#Cc1cccc(-c2cccc(N(c3ccccc3)c3cccc(-c4ccc5c6c(cccc46)-c4ccc(-c6cccc(C#N)c6-c6cccc(N(c7ccccc7)c7cccc(-c8ccc9c%10c(cccc8%10)-c8ccccc8-9)c7)c6)cc4-5)c3)c2)c1. The Morgan fingerprint density at radius 1 is 0.221 bits per heavy atom. The van der Waals surface area contributed by atoms with E-state index in [1.54, 1.807) is 0 Å². The molecule has 0 N–H and O–H groups in total. The Morgan fingerprint density at radius 3 is 1.15 bits per heavy atom. The van der Waals surface area contributed by atoms with E-state index < -0.39 is 0 Å². The highest BCUT2D eigenvalue weighted by Crippen LogP contribution is 2.53. The number of rotatable bonds is 11. The molecule has 2 aliphatic carbocycles. The van der Waals surface area contributed by atoms with Gasteiger partial charge < -0.3 is 9.80 Å². The van der Waals surface area contributed by atoms with Crippen LogP contribution < -0.4 is 9.80 Å². The molecule has 0 amide bonds. The maximum absolute atomic E-state index is 10.9. The molecule has 0 unspecified atom stereocenters. The number of benzene rings is 14. The third-order valence-electron chi connectivity index (χ3n) is 17.4. The van der Waals surface area contributed by atoms with Crippen molar-refractivity contribution in [2.45, 2.75) is 0 Å². The Labute approximate surface area is 499 Å². The van der Waals surface area contributed by atoms with Crippen LogP contribution >= 0.6 is 0 Å². The Hall–Kier alpha value is -11.8. The number of nitrogens with zero attached hydrogens (tertiary/aromatic N) is 4. The average Bonchev–Trinajstić information content (AvgIpc) is 2.03. The van der Waals surface area contributed by atoms with Crippen LogP contribution in [0.3, 0.4) is 0 Å². The molecule has 14 aromatic carbocycles. The summed E-state index contributed by atoms with van der Waals surface area (Å²) in [6.45, 7) is 0. The zero-order chi connectivity index (χ0) is 57.2. The third kappa shape index (κ3) is 8.28. The number of para-hydroxylation sites is 2. The van der Waals surface area contributed by atoms with Crippen molar-refractivity contribution >= 4 is 55.7 Å². The number of hydrogen-bond donors (Lipinski definition) is 0. The molecule has 4 nitrogen and oxygen atoms in total. The second-order valence-corrected chi connectivity index (χ2v) is 22.2. The van der Waals surface area contributed by atoms with Gasteiger partial charge in [0.15, 0.2) is 0 Å². The zero-order valence-corrected chi connectivity index (χ0v) is 46.7. The molecule has 4 heteroatoms. The molecule has 0 spiro atoms. The van der Waals surface area contributed by atoms with Crippen LogP contribution in [0.15, 0.2) is 303 Å². The minimum atomic E-state index is 0.615. The molecule has 0 aliphatic heterocycles. The van der Waals surface area contributed by atoms with Crippen molar-refractivity contribution < 1.29 is 0 Å². The Balaban J connectivity index is 0.761. The largest absolute Gasteiger partial charge is 0.310 e. The van der Waals surface area contributed by atoms with E-state index in [0.29, 0.717) is 11.1 Å². The summed E-state index contributed by atoms with van der Waals surface area (Å²) < 4.78 is 0. The number of anilines is 6. The van der Waals surface area contributed by atoms with Gasteiger partial charge in [-0.2, -0.15) is 10.5 Å². The van der Waals surface area contributed by atoms with Crippen LogP contribution in [0.4, 0.5) is 34.1 Å². The van der Waals surface area contributed by atoms with Gasteiger partial charge in [0.25, 0.3) is 0 Å². The van der Waals surface area contributed by atoms with E-state index in [9.17, 15) is 10.5 Å². The molecule has 86 heavy (non-hydrogen) atoms. The maximum atomic E-state index is 10.9. The topological polar surface area (TPSA) is 54.1 Å². The summed E-state index contributed by atoms with van der Waals surface area (Å²) in [4.78, 5) is 4.63. The van der Waals surface area contributed by atoms with Gasteiger partial charge in [-0.3, -0.25) is 0 Å².